The summed E-state index contributed by atoms with van der Waals surface area (Å²) >= 11 is 3.30. The van der Waals surface area contributed by atoms with Gasteiger partial charge in [0.05, 0.1) is 6.10 Å². The van der Waals surface area contributed by atoms with Gasteiger partial charge >= 0.3 is 0 Å². The van der Waals surface area contributed by atoms with Crippen LogP contribution < -0.4 is 0 Å². The molecular formula is C11H11BrO2. The number of halogens is 1. The van der Waals surface area contributed by atoms with E-state index in [0.717, 1.165) is 10.0 Å². The van der Waals surface area contributed by atoms with Crippen LogP contribution in [0.3, 0.4) is 0 Å². The average molecular weight is 255 g/mol. The number of aliphatic hydroxyl groups excluding tert-OH is 1. The summed E-state index contributed by atoms with van der Waals surface area (Å²) < 4.78 is 0.962. The van der Waals surface area contributed by atoms with Crippen LogP contribution in [0.1, 0.15) is 18.6 Å². The van der Waals surface area contributed by atoms with Crippen LogP contribution in [0.4, 0.5) is 0 Å². The van der Waals surface area contributed by atoms with Crippen molar-refractivity contribution in [3.8, 4) is 0 Å². The van der Waals surface area contributed by atoms with Gasteiger partial charge in [0.25, 0.3) is 0 Å². The molecule has 1 aromatic carbocycles. The Morgan fingerprint density at radius 3 is 2.50 bits per heavy atom. The van der Waals surface area contributed by atoms with Crippen LogP contribution in [0.2, 0.25) is 0 Å². The standard InChI is InChI=1S/C11H11BrO2/c1-8(13)2-7-11(14)9-3-5-10(12)6-4-9/h2-7,11,14H,1H3/b7-2+. The Labute approximate surface area is 91.4 Å². The van der Waals surface area contributed by atoms with Gasteiger partial charge < -0.3 is 5.11 Å². The van der Waals surface area contributed by atoms with Gasteiger partial charge in [0.2, 0.25) is 0 Å². The lowest BCUT2D eigenvalue weighted by Crippen LogP contribution is -1.93. The third-order valence-electron chi connectivity index (χ3n) is 1.72. The Morgan fingerprint density at radius 1 is 1.43 bits per heavy atom. The van der Waals surface area contributed by atoms with Gasteiger partial charge in [0.15, 0.2) is 5.78 Å². The molecule has 1 atom stereocenters. The van der Waals surface area contributed by atoms with E-state index in [2.05, 4.69) is 15.9 Å². The number of aliphatic hydroxyl groups is 1. The minimum absolute atomic E-state index is 0.0684. The van der Waals surface area contributed by atoms with E-state index in [4.69, 9.17) is 0 Å². The van der Waals surface area contributed by atoms with Crippen LogP contribution >= 0.6 is 15.9 Å². The largest absolute Gasteiger partial charge is 0.384 e. The fourth-order valence-corrected chi connectivity index (χ4v) is 1.26. The van der Waals surface area contributed by atoms with Gasteiger partial charge in [-0.2, -0.15) is 0 Å². The van der Waals surface area contributed by atoms with E-state index in [0.29, 0.717) is 0 Å². The normalized spacial score (nSPS) is 13.1. The number of allylic oxidation sites excluding steroid dienone is 1. The van der Waals surface area contributed by atoms with Crippen molar-refractivity contribution in [3.63, 3.8) is 0 Å². The number of hydrogen-bond donors (Lipinski definition) is 1. The SMILES string of the molecule is CC(=O)/C=C/C(O)c1ccc(Br)cc1. The van der Waals surface area contributed by atoms with Gasteiger partial charge in [-0.3, -0.25) is 4.79 Å². The Hall–Kier alpha value is -0.930. The van der Waals surface area contributed by atoms with Crippen molar-refractivity contribution in [2.45, 2.75) is 13.0 Å². The van der Waals surface area contributed by atoms with Crippen LogP contribution in [0.15, 0.2) is 40.9 Å². The number of ketones is 1. The molecule has 1 rings (SSSR count). The molecule has 0 saturated carbocycles. The van der Waals surface area contributed by atoms with Crippen molar-refractivity contribution in [3.05, 3.63) is 46.5 Å². The second-order valence-electron chi connectivity index (χ2n) is 2.97. The lowest BCUT2D eigenvalue weighted by Gasteiger charge is -2.04. The predicted octanol–water partition coefficient (Wildman–Crippen LogP) is 2.63. The Bertz CT molecular complexity index is 341. The fraction of sp³-hybridized carbons (Fsp3) is 0.182. The molecule has 0 saturated heterocycles. The van der Waals surface area contributed by atoms with Crippen molar-refractivity contribution in [2.24, 2.45) is 0 Å². The molecular weight excluding hydrogens is 244 g/mol. The van der Waals surface area contributed by atoms with E-state index in [1.54, 1.807) is 12.1 Å². The fourth-order valence-electron chi connectivity index (χ4n) is 0.998. The summed E-state index contributed by atoms with van der Waals surface area (Å²) in [5.41, 5.74) is 0.769. The number of carbonyl (C=O) groups excluding carboxylic acids is 1. The highest BCUT2D eigenvalue weighted by Gasteiger charge is 2.02. The van der Waals surface area contributed by atoms with Gasteiger partial charge in [-0.05, 0) is 36.8 Å². The summed E-state index contributed by atoms with van der Waals surface area (Å²) in [7, 11) is 0. The third kappa shape index (κ3) is 3.44. The lowest BCUT2D eigenvalue weighted by molar-refractivity contribution is -0.112. The molecule has 0 radical (unpaired) electrons. The molecule has 0 aliphatic carbocycles. The van der Waals surface area contributed by atoms with Crippen LogP contribution in [0, 0.1) is 0 Å². The van der Waals surface area contributed by atoms with Crippen molar-refractivity contribution in [1.82, 2.24) is 0 Å². The van der Waals surface area contributed by atoms with Crippen molar-refractivity contribution in [2.75, 3.05) is 0 Å². The topological polar surface area (TPSA) is 37.3 Å². The molecule has 2 nitrogen and oxygen atoms in total. The summed E-state index contributed by atoms with van der Waals surface area (Å²) in [6.07, 6.45) is 2.13. The first-order valence-electron chi connectivity index (χ1n) is 4.22. The van der Waals surface area contributed by atoms with Gasteiger partial charge in [-0.25, -0.2) is 0 Å². The first-order valence-corrected chi connectivity index (χ1v) is 5.01. The molecule has 1 unspecified atom stereocenters. The van der Waals surface area contributed by atoms with E-state index in [-0.39, 0.29) is 5.78 Å². The third-order valence-corrected chi connectivity index (χ3v) is 2.25. The maximum Gasteiger partial charge on any atom is 0.152 e. The number of benzene rings is 1. The molecule has 0 heterocycles. The maximum atomic E-state index is 10.6. The van der Waals surface area contributed by atoms with Gasteiger partial charge in [-0.15, -0.1) is 0 Å². The van der Waals surface area contributed by atoms with Gasteiger partial charge in [-0.1, -0.05) is 28.1 Å². The summed E-state index contributed by atoms with van der Waals surface area (Å²) in [5, 5.41) is 9.61. The number of rotatable bonds is 3. The van der Waals surface area contributed by atoms with Crippen molar-refractivity contribution in [1.29, 1.82) is 0 Å². The Morgan fingerprint density at radius 2 is 2.00 bits per heavy atom. The number of hydrogen-bond acceptors (Lipinski definition) is 2. The summed E-state index contributed by atoms with van der Waals surface area (Å²) in [5.74, 6) is -0.0684. The molecule has 0 aromatic heterocycles. The lowest BCUT2D eigenvalue weighted by atomic mass is 10.1. The second-order valence-corrected chi connectivity index (χ2v) is 3.88. The monoisotopic (exact) mass is 254 g/mol. The first kappa shape index (κ1) is 11.1. The maximum absolute atomic E-state index is 10.6. The molecule has 14 heavy (non-hydrogen) atoms. The Kier molecular flexibility index (Phi) is 4.04. The predicted molar refractivity (Wildman–Crippen MR) is 58.9 cm³/mol. The molecule has 74 valence electrons. The molecule has 0 aliphatic rings. The van der Waals surface area contributed by atoms with E-state index < -0.39 is 6.10 Å². The first-order chi connectivity index (χ1) is 6.59. The van der Waals surface area contributed by atoms with Crippen molar-refractivity contribution >= 4 is 21.7 Å². The van der Waals surface area contributed by atoms with E-state index in [1.165, 1.54) is 19.1 Å². The average Bonchev–Trinajstić information content (AvgIpc) is 2.15. The minimum Gasteiger partial charge on any atom is -0.384 e. The molecule has 3 heteroatoms. The van der Waals surface area contributed by atoms with E-state index in [1.807, 2.05) is 12.1 Å². The molecule has 0 bridgehead atoms. The summed E-state index contributed by atoms with van der Waals surface area (Å²) in [6, 6.07) is 7.30. The van der Waals surface area contributed by atoms with Crippen LogP contribution in [0.5, 0.6) is 0 Å². The summed E-state index contributed by atoms with van der Waals surface area (Å²) in [6.45, 7) is 1.45. The van der Waals surface area contributed by atoms with E-state index >= 15 is 0 Å². The zero-order valence-electron chi connectivity index (χ0n) is 7.77. The quantitative estimate of drug-likeness (QED) is 0.843. The second kappa shape index (κ2) is 5.08. The Balaban J connectivity index is 2.74. The highest BCUT2D eigenvalue weighted by atomic mass is 79.9. The zero-order valence-corrected chi connectivity index (χ0v) is 9.36. The smallest absolute Gasteiger partial charge is 0.152 e. The molecule has 0 amide bonds. The minimum atomic E-state index is -0.716. The highest BCUT2D eigenvalue weighted by Crippen LogP contribution is 2.17. The summed E-state index contributed by atoms with van der Waals surface area (Å²) in [4.78, 5) is 10.6. The molecule has 0 aliphatic heterocycles. The van der Waals surface area contributed by atoms with Crippen LogP contribution in [-0.4, -0.2) is 10.9 Å². The van der Waals surface area contributed by atoms with Crippen LogP contribution in [0.25, 0.3) is 0 Å². The molecule has 1 aromatic rings. The highest BCUT2D eigenvalue weighted by molar-refractivity contribution is 9.10. The van der Waals surface area contributed by atoms with Crippen LogP contribution in [-0.2, 0) is 4.79 Å². The zero-order chi connectivity index (χ0) is 10.6. The van der Waals surface area contributed by atoms with Crippen molar-refractivity contribution < 1.29 is 9.90 Å². The van der Waals surface area contributed by atoms with E-state index in [9.17, 15) is 9.90 Å². The molecule has 0 fully saturated rings. The van der Waals surface area contributed by atoms with Gasteiger partial charge in [0, 0.05) is 4.47 Å². The molecule has 1 N–H and O–H groups in total. The van der Waals surface area contributed by atoms with Gasteiger partial charge in [0.1, 0.15) is 0 Å². The number of carbonyl (C=O) groups is 1. The molecule has 0 spiro atoms.